The molecular formula is C20H14ClNO2. The summed E-state index contributed by atoms with van der Waals surface area (Å²) in [6.07, 6.45) is 0. The molecule has 0 saturated carbocycles. The number of halogens is 1. The van der Waals surface area contributed by atoms with Gasteiger partial charge >= 0.3 is 0 Å². The Kier molecular flexibility index (Phi) is 3.44. The number of rotatable bonds is 2. The Bertz CT molecular complexity index is 1020. The molecule has 0 saturated heterocycles. The van der Waals surface area contributed by atoms with Gasteiger partial charge in [-0.15, -0.1) is 0 Å². The molecule has 3 nitrogen and oxygen atoms in total. The second kappa shape index (κ2) is 5.62. The molecule has 0 amide bonds. The maximum atomic E-state index is 9.57. The summed E-state index contributed by atoms with van der Waals surface area (Å²) in [4.78, 5) is 3.43. The van der Waals surface area contributed by atoms with Gasteiger partial charge in [-0.2, -0.15) is 0 Å². The van der Waals surface area contributed by atoms with Crippen LogP contribution in [0.4, 0.5) is 0 Å². The highest BCUT2D eigenvalue weighted by molar-refractivity contribution is 6.31. The highest BCUT2D eigenvalue weighted by Gasteiger charge is 2.15. The van der Waals surface area contributed by atoms with Crippen LogP contribution in [0.1, 0.15) is 0 Å². The third-order valence-electron chi connectivity index (χ3n) is 4.07. The Morgan fingerprint density at radius 2 is 1.29 bits per heavy atom. The van der Waals surface area contributed by atoms with Crippen molar-refractivity contribution in [2.24, 2.45) is 0 Å². The Balaban J connectivity index is 2.02. The molecule has 4 aromatic rings. The van der Waals surface area contributed by atoms with E-state index in [0.29, 0.717) is 5.02 Å². The average Bonchev–Trinajstić information content (AvgIpc) is 2.94. The van der Waals surface area contributed by atoms with Crippen molar-refractivity contribution in [3.05, 3.63) is 71.8 Å². The van der Waals surface area contributed by atoms with Gasteiger partial charge in [-0.1, -0.05) is 29.8 Å². The molecule has 0 aliphatic carbocycles. The summed E-state index contributed by atoms with van der Waals surface area (Å²) in [5.41, 5.74) is 4.87. The molecule has 4 rings (SSSR count). The highest BCUT2D eigenvalue weighted by atomic mass is 35.5. The second-order valence-electron chi connectivity index (χ2n) is 5.66. The average molecular weight is 336 g/mol. The van der Waals surface area contributed by atoms with Crippen LogP contribution in [0, 0.1) is 0 Å². The number of nitrogens with one attached hydrogen (secondary N) is 1. The van der Waals surface area contributed by atoms with Crippen LogP contribution in [0.25, 0.3) is 33.3 Å². The number of aromatic nitrogens is 1. The monoisotopic (exact) mass is 335 g/mol. The second-order valence-corrected chi connectivity index (χ2v) is 6.10. The topological polar surface area (TPSA) is 56.2 Å². The Labute approximate surface area is 143 Å². The van der Waals surface area contributed by atoms with Crippen LogP contribution in [0.5, 0.6) is 11.5 Å². The summed E-state index contributed by atoms with van der Waals surface area (Å²) in [6, 6.07) is 19.9. The first-order valence-electron chi connectivity index (χ1n) is 7.52. The number of aromatic amines is 1. The van der Waals surface area contributed by atoms with E-state index < -0.39 is 0 Å². The summed E-state index contributed by atoms with van der Waals surface area (Å²) in [5.74, 6) is 0.455. The van der Waals surface area contributed by atoms with E-state index in [1.807, 2.05) is 42.5 Å². The number of aromatic hydroxyl groups is 2. The molecule has 0 spiro atoms. The Hall–Kier alpha value is -2.91. The maximum absolute atomic E-state index is 9.57. The number of hydrogen-bond acceptors (Lipinski definition) is 2. The molecule has 1 aromatic heterocycles. The smallest absolute Gasteiger partial charge is 0.115 e. The minimum absolute atomic E-state index is 0.226. The molecule has 0 bridgehead atoms. The van der Waals surface area contributed by atoms with Crippen molar-refractivity contribution < 1.29 is 10.2 Å². The van der Waals surface area contributed by atoms with Crippen molar-refractivity contribution in [1.29, 1.82) is 0 Å². The lowest BCUT2D eigenvalue weighted by atomic mass is 9.98. The van der Waals surface area contributed by atoms with E-state index in [4.69, 9.17) is 11.6 Å². The van der Waals surface area contributed by atoms with E-state index in [1.165, 1.54) is 0 Å². The summed E-state index contributed by atoms with van der Waals surface area (Å²) in [6.45, 7) is 0. The lowest BCUT2D eigenvalue weighted by Crippen LogP contribution is -1.82. The van der Waals surface area contributed by atoms with Crippen molar-refractivity contribution in [3.8, 4) is 33.9 Å². The molecule has 0 aliphatic rings. The predicted molar refractivity (Wildman–Crippen MR) is 97.5 cm³/mol. The fourth-order valence-corrected chi connectivity index (χ4v) is 3.11. The number of hydrogen-bond donors (Lipinski definition) is 3. The molecule has 0 radical (unpaired) electrons. The van der Waals surface area contributed by atoms with E-state index in [-0.39, 0.29) is 11.5 Å². The lowest BCUT2D eigenvalue weighted by Gasteiger charge is -2.06. The third-order valence-corrected chi connectivity index (χ3v) is 4.31. The SMILES string of the molecule is Oc1ccc(-c2[nH]c3cc(Cl)ccc3c2-c2ccc(O)cc2)cc1. The van der Waals surface area contributed by atoms with Crippen molar-refractivity contribution in [2.75, 3.05) is 0 Å². The van der Waals surface area contributed by atoms with Crippen LogP contribution < -0.4 is 0 Å². The first kappa shape index (κ1) is 14.7. The zero-order valence-electron chi connectivity index (χ0n) is 12.6. The quantitative estimate of drug-likeness (QED) is 0.448. The van der Waals surface area contributed by atoms with Crippen molar-refractivity contribution in [1.82, 2.24) is 4.98 Å². The van der Waals surface area contributed by atoms with Gasteiger partial charge in [-0.25, -0.2) is 0 Å². The molecule has 1 heterocycles. The van der Waals surface area contributed by atoms with Crippen LogP contribution in [-0.4, -0.2) is 15.2 Å². The van der Waals surface area contributed by atoms with Crippen LogP contribution in [-0.2, 0) is 0 Å². The van der Waals surface area contributed by atoms with E-state index in [9.17, 15) is 10.2 Å². The fraction of sp³-hybridized carbons (Fsp3) is 0. The fourth-order valence-electron chi connectivity index (χ4n) is 2.94. The van der Waals surface area contributed by atoms with Gasteiger partial charge in [0.05, 0.1) is 5.69 Å². The first-order valence-corrected chi connectivity index (χ1v) is 7.89. The van der Waals surface area contributed by atoms with Gasteiger partial charge in [0.2, 0.25) is 0 Å². The largest absolute Gasteiger partial charge is 0.508 e. The summed E-state index contributed by atoms with van der Waals surface area (Å²) < 4.78 is 0. The Morgan fingerprint density at radius 1 is 0.708 bits per heavy atom. The molecular weight excluding hydrogens is 322 g/mol. The third kappa shape index (κ3) is 2.49. The van der Waals surface area contributed by atoms with Gasteiger partial charge in [-0.05, 0) is 59.7 Å². The van der Waals surface area contributed by atoms with Crippen molar-refractivity contribution in [3.63, 3.8) is 0 Å². The standard InChI is InChI=1S/C20H14ClNO2/c21-14-5-10-17-18(11-14)22-20(13-3-8-16(24)9-4-13)19(17)12-1-6-15(23)7-2-12/h1-11,22-24H. The molecule has 0 aliphatic heterocycles. The van der Waals surface area contributed by atoms with Crippen molar-refractivity contribution >= 4 is 22.5 Å². The Morgan fingerprint density at radius 3 is 1.92 bits per heavy atom. The number of benzene rings is 3. The summed E-state index contributed by atoms with van der Waals surface area (Å²) in [5, 5.41) is 20.8. The first-order chi connectivity index (χ1) is 11.6. The summed E-state index contributed by atoms with van der Waals surface area (Å²) in [7, 11) is 0. The molecule has 0 unspecified atom stereocenters. The van der Waals surface area contributed by atoms with Gasteiger partial charge in [-0.3, -0.25) is 0 Å². The molecule has 24 heavy (non-hydrogen) atoms. The molecule has 3 aromatic carbocycles. The minimum Gasteiger partial charge on any atom is -0.508 e. The number of fused-ring (bicyclic) bond motifs is 1. The number of phenolic OH excluding ortho intramolecular Hbond substituents is 2. The predicted octanol–water partition coefficient (Wildman–Crippen LogP) is 5.57. The molecule has 0 fully saturated rings. The summed E-state index contributed by atoms with van der Waals surface area (Å²) >= 11 is 6.13. The van der Waals surface area contributed by atoms with Crippen LogP contribution >= 0.6 is 11.6 Å². The van der Waals surface area contributed by atoms with Gasteiger partial charge in [0.15, 0.2) is 0 Å². The van der Waals surface area contributed by atoms with Gasteiger partial charge < -0.3 is 15.2 Å². The van der Waals surface area contributed by atoms with E-state index in [1.54, 1.807) is 24.3 Å². The maximum Gasteiger partial charge on any atom is 0.115 e. The molecule has 3 N–H and O–H groups in total. The van der Waals surface area contributed by atoms with E-state index >= 15 is 0 Å². The number of H-pyrrole nitrogens is 1. The van der Waals surface area contributed by atoms with Crippen LogP contribution in [0.15, 0.2) is 66.7 Å². The van der Waals surface area contributed by atoms with Gasteiger partial charge in [0.25, 0.3) is 0 Å². The molecule has 4 heteroatoms. The normalized spacial score (nSPS) is 11.0. The zero-order valence-corrected chi connectivity index (χ0v) is 13.4. The molecule has 118 valence electrons. The number of phenols is 2. The van der Waals surface area contributed by atoms with Gasteiger partial charge in [0.1, 0.15) is 11.5 Å². The zero-order chi connectivity index (χ0) is 16.7. The highest BCUT2D eigenvalue weighted by Crippen LogP contribution is 2.39. The van der Waals surface area contributed by atoms with E-state index in [0.717, 1.165) is 33.3 Å². The minimum atomic E-state index is 0.226. The van der Waals surface area contributed by atoms with Crippen molar-refractivity contribution in [2.45, 2.75) is 0 Å². The van der Waals surface area contributed by atoms with Crippen LogP contribution in [0.2, 0.25) is 5.02 Å². The van der Waals surface area contributed by atoms with Crippen LogP contribution in [0.3, 0.4) is 0 Å². The van der Waals surface area contributed by atoms with Gasteiger partial charge in [0, 0.05) is 21.5 Å². The molecule has 0 atom stereocenters. The van der Waals surface area contributed by atoms with E-state index in [2.05, 4.69) is 4.98 Å². The lowest BCUT2D eigenvalue weighted by molar-refractivity contribution is 0.475.